The second-order valence-electron chi connectivity index (χ2n) is 5.54. The van der Waals surface area contributed by atoms with E-state index in [0.717, 1.165) is 35.1 Å². The Morgan fingerprint density at radius 2 is 2.05 bits per heavy atom. The zero-order valence-electron chi connectivity index (χ0n) is 11.6. The fourth-order valence-electron chi connectivity index (χ4n) is 3.02. The zero-order valence-corrected chi connectivity index (χ0v) is 11.6. The third kappa shape index (κ3) is 2.88. The number of aryl methyl sites for hydroxylation is 1. The molecule has 2 aromatic rings. The van der Waals surface area contributed by atoms with Crippen molar-refractivity contribution in [2.45, 2.75) is 44.9 Å². The second kappa shape index (κ2) is 5.59. The van der Waals surface area contributed by atoms with Gasteiger partial charge in [-0.05, 0) is 24.5 Å². The number of fused-ring (bicyclic) bond motifs is 1. The van der Waals surface area contributed by atoms with Crippen molar-refractivity contribution in [1.29, 1.82) is 0 Å². The van der Waals surface area contributed by atoms with E-state index in [1.54, 1.807) is 0 Å². The summed E-state index contributed by atoms with van der Waals surface area (Å²) in [6.45, 7) is 0. The molecule has 1 saturated carbocycles. The minimum atomic E-state index is 0.825. The second-order valence-corrected chi connectivity index (χ2v) is 5.54. The van der Waals surface area contributed by atoms with Crippen molar-refractivity contribution in [3.63, 3.8) is 0 Å². The molecule has 4 nitrogen and oxygen atoms in total. The Hall–Kier alpha value is -1.58. The molecule has 4 heteroatoms. The summed E-state index contributed by atoms with van der Waals surface area (Å²) < 4.78 is 0. The van der Waals surface area contributed by atoms with Gasteiger partial charge in [0.1, 0.15) is 11.6 Å². The van der Waals surface area contributed by atoms with Crippen LogP contribution >= 0.6 is 0 Å². The van der Waals surface area contributed by atoms with Gasteiger partial charge in [0, 0.05) is 13.5 Å². The van der Waals surface area contributed by atoms with Crippen LogP contribution in [0.25, 0.3) is 11.2 Å². The topological polar surface area (TPSA) is 53.6 Å². The molecule has 0 saturated heterocycles. The van der Waals surface area contributed by atoms with Crippen LogP contribution in [0.5, 0.6) is 0 Å². The number of anilines is 1. The minimum Gasteiger partial charge on any atom is -0.373 e. The summed E-state index contributed by atoms with van der Waals surface area (Å²) >= 11 is 0. The summed E-state index contributed by atoms with van der Waals surface area (Å²) in [5.74, 6) is 2.86. The van der Waals surface area contributed by atoms with Crippen molar-refractivity contribution >= 4 is 17.0 Å². The normalized spacial score (nSPS) is 16.9. The molecule has 1 fully saturated rings. The molecule has 0 amide bonds. The maximum Gasteiger partial charge on any atom is 0.179 e. The van der Waals surface area contributed by atoms with Crippen molar-refractivity contribution in [2.75, 3.05) is 12.4 Å². The maximum absolute atomic E-state index is 4.60. The number of aromatic amines is 1. The van der Waals surface area contributed by atoms with Gasteiger partial charge in [0.15, 0.2) is 5.65 Å². The largest absolute Gasteiger partial charge is 0.373 e. The molecule has 0 bridgehead atoms. The number of hydrogen-bond acceptors (Lipinski definition) is 3. The molecule has 3 rings (SSSR count). The summed E-state index contributed by atoms with van der Waals surface area (Å²) in [6.07, 6.45) is 9.38. The van der Waals surface area contributed by atoms with Gasteiger partial charge in [-0.3, -0.25) is 0 Å². The molecular weight excluding hydrogens is 236 g/mol. The number of nitrogens with zero attached hydrogens (tertiary/aromatic N) is 2. The number of pyridine rings is 1. The summed E-state index contributed by atoms with van der Waals surface area (Å²) in [5.41, 5.74) is 1.86. The molecule has 0 unspecified atom stereocenters. The Bertz CT molecular complexity index is 540. The van der Waals surface area contributed by atoms with Crippen LogP contribution in [-0.4, -0.2) is 22.0 Å². The third-order valence-electron chi connectivity index (χ3n) is 4.17. The van der Waals surface area contributed by atoms with Crippen molar-refractivity contribution < 1.29 is 0 Å². The highest BCUT2D eigenvalue weighted by atomic mass is 15.0. The van der Waals surface area contributed by atoms with Crippen molar-refractivity contribution in [1.82, 2.24) is 15.0 Å². The summed E-state index contributed by atoms with van der Waals surface area (Å²) in [6, 6.07) is 4.02. The first kappa shape index (κ1) is 12.5. The smallest absolute Gasteiger partial charge is 0.179 e. The highest BCUT2D eigenvalue weighted by molar-refractivity contribution is 5.72. The van der Waals surface area contributed by atoms with Gasteiger partial charge in [-0.1, -0.05) is 32.1 Å². The van der Waals surface area contributed by atoms with E-state index in [-0.39, 0.29) is 0 Å². The summed E-state index contributed by atoms with van der Waals surface area (Å²) in [4.78, 5) is 12.4. The summed E-state index contributed by atoms with van der Waals surface area (Å²) in [7, 11) is 1.88. The average Bonchev–Trinajstić information content (AvgIpc) is 2.88. The fourth-order valence-corrected chi connectivity index (χ4v) is 3.02. The molecule has 0 spiro atoms. The van der Waals surface area contributed by atoms with Crippen LogP contribution in [0.3, 0.4) is 0 Å². The van der Waals surface area contributed by atoms with E-state index in [2.05, 4.69) is 20.3 Å². The van der Waals surface area contributed by atoms with Gasteiger partial charge in [-0.25, -0.2) is 9.97 Å². The molecular formula is C15H22N4. The Labute approximate surface area is 114 Å². The molecule has 0 atom stereocenters. The Kier molecular flexibility index (Phi) is 3.67. The molecule has 2 heterocycles. The van der Waals surface area contributed by atoms with Gasteiger partial charge in [-0.2, -0.15) is 0 Å². The molecule has 2 N–H and O–H groups in total. The third-order valence-corrected chi connectivity index (χ3v) is 4.17. The Morgan fingerprint density at radius 1 is 1.21 bits per heavy atom. The number of aromatic nitrogens is 3. The molecule has 1 aliphatic rings. The molecule has 19 heavy (non-hydrogen) atoms. The van der Waals surface area contributed by atoms with Gasteiger partial charge >= 0.3 is 0 Å². The fraction of sp³-hybridized carbons (Fsp3) is 0.600. The van der Waals surface area contributed by atoms with E-state index in [1.165, 1.54) is 38.5 Å². The van der Waals surface area contributed by atoms with Gasteiger partial charge in [0.05, 0.1) is 5.52 Å². The minimum absolute atomic E-state index is 0.825. The highest BCUT2D eigenvalue weighted by Crippen LogP contribution is 2.27. The summed E-state index contributed by atoms with van der Waals surface area (Å²) in [5, 5.41) is 3.05. The van der Waals surface area contributed by atoms with E-state index in [4.69, 9.17) is 0 Å². The molecule has 102 valence electrons. The van der Waals surface area contributed by atoms with Crippen LogP contribution in [0.2, 0.25) is 0 Å². The number of rotatable bonds is 4. The maximum atomic E-state index is 4.60. The lowest BCUT2D eigenvalue weighted by Gasteiger charge is -2.20. The standard InChI is InChI=1S/C15H22N4/c1-16-13-10-8-12-15(18-13)19-14(17-12)9-7-11-5-3-2-4-6-11/h8,10-11H,2-7,9H2,1H3,(H2,16,17,18,19). The lowest BCUT2D eigenvalue weighted by atomic mass is 9.86. The Morgan fingerprint density at radius 3 is 2.84 bits per heavy atom. The van der Waals surface area contributed by atoms with Crippen LogP contribution in [-0.2, 0) is 6.42 Å². The first-order valence-corrected chi connectivity index (χ1v) is 7.38. The van der Waals surface area contributed by atoms with Crippen LogP contribution in [0, 0.1) is 5.92 Å². The van der Waals surface area contributed by atoms with E-state index < -0.39 is 0 Å². The van der Waals surface area contributed by atoms with E-state index in [0.29, 0.717) is 0 Å². The monoisotopic (exact) mass is 258 g/mol. The highest BCUT2D eigenvalue weighted by Gasteiger charge is 2.14. The predicted molar refractivity (Wildman–Crippen MR) is 78.3 cm³/mol. The van der Waals surface area contributed by atoms with E-state index >= 15 is 0 Å². The van der Waals surface area contributed by atoms with E-state index in [1.807, 2.05) is 19.2 Å². The SMILES string of the molecule is CNc1ccc2[nH]c(CCC3CCCCC3)nc2n1. The number of H-pyrrole nitrogens is 1. The molecule has 0 aliphatic heterocycles. The number of nitrogens with one attached hydrogen (secondary N) is 2. The first-order chi connectivity index (χ1) is 9.35. The molecule has 2 aromatic heterocycles. The molecule has 0 radical (unpaired) electrons. The quantitative estimate of drug-likeness (QED) is 0.882. The number of hydrogen-bond donors (Lipinski definition) is 2. The lowest BCUT2D eigenvalue weighted by molar-refractivity contribution is 0.337. The number of imidazole rings is 1. The average molecular weight is 258 g/mol. The van der Waals surface area contributed by atoms with Crippen LogP contribution < -0.4 is 5.32 Å². The Balaban J connectivity index is 1.67. The zero-order chi connectivity index (χ0) is 13.1. The predicted octanol–water partition coefficient (Wildman–Crippen LogP) is 3.51. The van der Waals surface area contributed by atoms with E-state index in [9.17, 15) is 0 Å². The van der Waals surface area contributed by atoms with Gasteiger partial charge in [0.25, 0.3) is 0 Å². The van der Waals surface area contributed by atoms with Crippen LogP contribution in [0.15, 0.2) is 12.1 Å². The van der Waals surface area contributed by atoms with Crippen molar-refractivity contribution in [2.24, 2.45) is 5.92 Å². The van der Waals surface area contributed by atoms with Gasteiger partial charge < -0.3 is 10.3 Å². The first-order valence-electron chi connectivity index (χ1n) is 7.38. The molecule has 0 aromatic carbocycles. The van der Waals surface area contributed by atoms with Gasteiger partial charge in [-0.15, -0.1) is 0 Å². The molecule has 1 aliphatic carbocycles. The van der Waals surface area contributed by atoms with Gasteiger partial charge in [0.2, 0.25) is 0 Å². The van der Waals surface area contributed by atoms with Crippen molar-refractivity contribution in [3.8, 4) is 0 Å². The van der Waals surface area contributed by atoms with Crippen LogP contribution in [0.4, 0.5) is 5.82 Å². The van der Waals surface area contributed by atoms with Crippen LogP contribution in [0.1, 0.15) is 44.3 Å². The lowest BCUT2D eigenvalue weighted by Crippen LogP contribution is -2.07. The van der Waals surface area contributed by atoms with Crippen molar-refractivity contribution in [3.05, 3.63) is 18.0 Å².